The molecule has 0 aliphatic carbocycles. The Morgan fingerprint density at radius 2 is 0.562 bits per heavy atom. The van der Waals surface area contributed by atoms with Crippen molar-refractivity contribution in [2.45, 2.75) is 0 Å². The highest BCUT2D eigenvalue weighted by Crippen LogP contribution is 2.45. The van der Waals surface area contributed by atoms with Crippen LogP contribution in [0.2, 0.25) is 0 Å². The van der Waals surface area contributed by atoms with Crippen molar-refractivity contribution in [1.82, 2.24) is 0 Å². The van der Waals surface area contributed by atoms with Crippen LogP contribution in [0.3, 0.4) is 0 Å². The van der Waals surface area contributed by atoms with Crippen molar-refractivity contribution < 1.29 is 0 Å². The first-order chi connectivity index (χ1) is 23.8. The van der Waals surface area contributed by atoms with Crippen molar-refractivity contribution in [3.05, 3.63) is 194 Å². The summed E-state index contributed by atoms with van der Waals surface area (Å²) in [7, 11) is 0. The molecule has 0 atom stereocenters. The summed E-state index contributed by atoms with van der Waals surface area (Å²) in [6, 6.07) is 70.8. The van der Waals surface area contributed by atoms with Crippen LogP contribution in [0.15, 0.2) is 194 Å². The molecule has 0 aliphatic heterocycles. The normalized spacial score (nSPS) is 11.3. The van der Waals surface area contributed by atoms with E-state index in [1.54, 1.807) is 0 Å². The summed E-state index contributed by atoms with van der Waals surface area (Å²) in [5.41, 5.74) is 12.3. The van der Waals surface area contributed by atoms with Crippen LogP contribution in [0.4, 0.5) is 0 Å². The zero-order valence-corrected chi connectivity index (χ0v) is 26.5. The molecule has 0 heteroatoms. The second-order valence-corrected chi connectivity index (χ2v) is 12.5. The molecule has 0 radical (unpaired) electrons. The molecule has 0 fully saturated rings. The molecular formula is C48H32. The number of fused-ring (bicyclic) bond motifs is 3. The number of benzene rings is 9. The van der Waals surface area contributed by atoms with Crippen LogP contribution in [0, 0.1) is 0 Å². The number of hydrogen-bond acceptors (Lipinski definition) is 0. The number of rotatable bonds is 5. The summed E-state index contributed by atoms with van der Waals surface area (Å²) in [6.07, 6.45) is 0. The van der Waals surface area contributed by atoms with E-state index >= 15 is 0 Å². The lowest BCUT2D eigenvalue weighted by Crippen LogP contribution is -1.92. The SMILES string of the molecule is c1ccc(-c2ccc(-c3c4ccccc4c(-c4ccc(-c5ccccc5)cc4)c4cc(-c5ccc6ccccc6c5)ccc34)cc2)cc1. The summed E-state index contributed by atoms with van der Waals surface area (Å²) in [5, 5.41) is 7.55. The lowest BCUT2D eigenvalue weighted by Gasteiger charge is -2.19. The Morgan fingerprint density at radius 1 is 0.188 bits per heavy atom. The first kappa shape index (κ1) is 28.0. The van der Waals surface area contributed by atoms with Crippen molar-refractivity contribution >= 4 is 32.3 Å². The minimum atomic E-state index is 1.22. The molecule has 0 nitrogen and oxygen atoms in total. The van der Waals surface area contributed by atoms with Crippen LogP contribution < -0.4 is 0 Å². The van der Waals surface area contributed by atoms with Gasteiger partial charge in [0, 0.05) is 0 Å². The molecule has 0 saturated carbocycles. The average Bonchev–Trinajstić information content (AvgIpc) is 3.17. The van der Waals surface area contributed by atoms with Crippen molar-refractivity contribution in [3.63, 3.8) is 0 Å². The molecular weight excluding hydrogens is 577 g/mol. The van der Waals surface area contributed by atoms with Gasteiger partial charge in [-0.15, -0.1) is 0 Å². The topological polar surface area (TPSA) is 0 Å². The summed E-state index contributed by atoms with van der Waals surface area (Å²) < 4.78 is 0. The highest BCUT2D eigenvalue weighted by Gasteiger charge is 2.18. The van der Waals surface area contributed by atoms with Gasteiger partial charge in [0.2, 0.25) is 0 Å². The average molecular weight is 609 g/mol. The van der Waals surface area contributed by atoms with Crippen LogP contribution in [0.1, 0.15) is 0 Å². The van der Waals surface area contributed by atoms with Gasteiger partial charge in [-0.3, -0.25) is 0 Å². The van der Waals surface area contributed by atoms with E-state index in [9.17, 15) is 0 Å². The Balaban J connectivity index is 1.29. The van der Waals surface area contributed by atoms with Crippen LogP contribution >= 0.6 is 0 Å². The molecule has 0 bridgehead atoms. The van der Waals surface area contributed by atoms with Crippen molar-refractivity contribution in [1.29, 1.82) is 0 Å². The second-order valence-electron chi connectivity index (χ2n) is 12.5. The fourth-order valence-corrected chi connectivity index (χ4v) is 7.27. The molecule has 0 heterocycles. The predicted molar refractivity (Wildman–Crippen MR) is 206 cm³/mol. The Labute approximate surface area is 281 Å². The van der Waals surface area contributed by atoms with E-state index in [1.165, 1.54) is 88.0 Å². The molecule has 0 amide bonds. The highest BCUT2D eigenvalue weighted by molar-refractivity contribution is 6.22. The fraction of sp³-hybridized carbons (Fsp3) is 0. The predicted octanol–water partition coefficient (Wildman–Crippen LogP) is 13.5. The summed E-state index contributed by atoms with van der Waals surface area (Å²) in [4.78, 5) is 0. The van der Waals surface area contributed by atoms with Gasteiger partial charge in [0.15, 0.2) is 0 Å². The lowest BCUT2D eigenvalue weighted by atomic mass is 9.84. The zero-order chi connectivity index (χ0) is 31.9. The lowest BCUT2D eigenvalue weighted by molar-refractivity contribution is 1.60. The standard InChI is InChI=1S/C48H32/c1-3-11-33(12-4-1)36-19-24-38(25-20-36)47-43-17-9-10-18-44(43)48(39-26-21-37(22-27-39)34-13-5-2-6-14-34)46-32-42(29-30-45(46)47)41-28-23-35-15-7-8-16-40(35)31-41/h1-32H. The van der Waals surface area contributed by atoms with Gasteiger partial charge < -0.3 is 0 Å². The first-order valence-electron chi connectivity index (χ1n) is 16.6. The third-order valence-corrected chi connectivity index (χ3v) is 9.67. The van der Waals surface area contributed by atoms with Gasteiger partial charge >= 0.3 is 0 Å². The van der Waals surface area contributed by atoms with Crippen LogP contribution in [0.25, 0.3) is 88.0 Å². The zero-order valence-electron chi connectivity index (χ0n) is 26.5. The van der Waals surface area contributed by atoms with Gasteiger partial charge in [-0.25, -0.2) is 0 Å². The maximum absolute atomic E-state index is 2.41. The third kappa shape index (κ3) is 4.96. The molecule has 0 saturated heterocycles. The molecule has 0 N–H and O–H groups in total. The monoisotopic (exact) mass is 608 g/mol. The fourth-order valence-electron chi connectivity index (χ4n) is 7.27. The molecule has 0 aromatic heterocycles. The van der Waals surface area contributed by atoms with E-state index in [4.69, 9.17) is 0 Å². The Hall–Kier alpha value is -6.24. The minimum absolute atomic E-state index is 1.22. The van der Waals surface area contributed by atoms with Crippen LogP contribution in [-0.2, 0) is 0 Å². The van der Waals surface area contributed by atoms with E-state index in [-0.39, 0.29) is 0 Å². The van der Waals surface area contributed by atoms with Gasteiger partial charge in [-0.2, -0.15) is 0 Å². The van der Waals surface area contributed by atoms with Gasteiger partial charge in [-0.05, 0) is 100 Å². The van der Waals surface area contributed by atoms with Crippen molar-refractivity contribution in [2.24, 2.45) is 0 Å². The van der Waals surface area contributed by atoms with E-state index < -0.39 is 0 Å². The maximum Gasteiger partial charge on any atom is -0.00261 e. The molecule has 9 aromatic rings. The van der Waals surface area contributed by atoms with Crippen LogP contribution in [0.5, 0.6) is 0 Å². The molecule has 9 aromatic carbocycles. The van der Waals surface area contributed by atoms with Crippen molar-refractivity contribution in [3.8, 4) is 55.6 Å². The quantitative estimate of drug-likeness (QED) is 0.171. The number of hydrogen-bond donors (Lipinski definition) is 0. The van der Waals surface area contributed by atoms with Crippen molar-refractivity contribution in [2.75, 3.05) is 0 Å². The largest absolute Gasteiger partial charge is 0.0622 e. The third-order valence-electron chi connectivity index (χ3n) is 9.67. The Bertz CT molecular complexity index is 2560. The summed E-state index contributed by atoms with van der Waals surface area (Å²) in [5.74, 6) is 0. The minimum Gasteiger partial charge on any atom is -0.0622 e. The summed E-state index contributed by atoms with van der Waals surface area (Å²) >= 11 is 0. The van der Waals surface area contributed by atoms with E-state index in [0.29, 0.717) is 0 Å². The smallest absolute Gasteiger partial charge is 0.00261 e. The van der Waals surface area contributed by atoms with Crippen LogP contribution in [-0.4, -0.2) is 0 Å². The Kier molecular flexibility index (Phi) is 6.91. The molecule has 48 heavy (non-hydrogen) atoms. The molecule has 0 aliphatic rings. The maximum atomic E-state index is 2.41. The molecule has 224 valence electrons. The molecule has 0 unspecified atom stereocenters. The van der Waals surface area contributed by atoms with E-state index in [0.717, 1.165) is 0 Å². The van der Waals surface area contributed by atoms with E-state index in [2.05, 4.69) is 194 Å². The highest BCUT2D eigenvalue weighted by atomic mass is 14.2. The molecule has 9 rings (SSSR count). The van der Waals surface area contributed by atoms with E-state index in [1.807, 2.05) is 0 Å². The van der Waals surface area contributed by atoms with Gasteiger partial charge in [-0.1, -0.05) is 182 Å². The first-order valence-corrected chi connectivity index (χ1v) is 16.6. The Morgan fingerprint density at radius 3 is 1.15 bits per heavy atom. The van der Waals surface area contributed by atoms with Gasteiger partial charge in [0.25, 0.3) is 0 Å². The van der Waals surface area contributed by atoms with Gasteiger partial charge in [0.1, 0.15) is 0 Å². The molecule has 0 spiro atoms. The summed E-state index contributed by atoms with van der Waals surface area (Å²) in [6.45, 7) is 0. The van der Waals surface area contributed by atoms with Gasteiger partial charge in [0.05, 0.1) is 0 Å². The second kappa shape index (κ2) is 11.8.